The first-order chi connectivity index (χ1) is 12.1. The number of allylic oxidation sites excluding steroid dienone is 4. The van der Waals surface area contributed by atoms with Crippen LogP contribution >= 0.6 is 0 Å². The van der Waals surface area contributed by atoms with Crippen molar-refractivity contribution < 1.29 is 4.92 Å². The molecule has 0 bridgehead atoms. The molecule has 25 heavy (non-hydrogen) atoms. The second kappa shape index (κ2) is 9.94. The van der Waals surface area contributed by atoms with Gasteiger partial charge in [0.1, 0.15) is 0 Å². The Bertz CT molecular complexity index is 639. The molecule has 1 aliphatic rings. The van der Waals surface area contributed by atoms with Crippen LogP contribution in [0.5, 0.6) is 0 Å². The average Bonchev–Trinajstić information content (AvgIpc) is 2.63. The smallest absolute Gasteiger partial charge is 0.273 e. The fraction of sp³-hybridized carbons (Fsp3) is 0.429. The van der Waals surface area contributed by atoms with E-state index >= 15 is 0 Å². The molecule has 0 amide bonds. The molecule has 4 heteroatoms. The maximum atomic E-state index is 11.3. The van der Waals surface area contributed by atoms with Gasteiger partial charge in [-0.3, -0.25) is 15.0 Å². The van der Waals surface area contributed by atoms with E-state index in [9.17, 15) is 10.1 Å². The monoisotopic (exact) mass is 340 g/mol. The minimum atomic E-state index is -0.280. The third kappa shape index (κ3) is 5.98. The van der Waals surface area contributed by atoms with Crippen LogP contribution < -0.4 is 0 Å². The van der Waals surface area contributed by atoms with Crippen LogP contribution in [-0.2, 0) is 6.42 Å². The lowest BCUT2D eigenvalue weighted by atomic mass is 9.90. The predicted octanol–water partition coefficient (Wildman–Crippen LogP) is 4.62. The lowest BCUT2D eigenvalue weighted by molar-refractivity contribution is -0.421. The van der Waals surface area contributed by atoms with Crippen LogP contribution in [-0.4, -0.2) is 29.5 Å². The molecule has 4 nitrogen and oxygen atoms in total. The van der Waals surface area contributed by atoms with Gasteiger partial charge < -0.3 is 0 Å². The molecule has 1 aliphatic heterocycles. The van der Waals surface area contributed by atoms with Crippen LogP contribution in [0, 0.1) is 16.0 Å². The van der Waals surface area contributed by atoms with Crippen molar-refractivity contribution in [2.24, 2.45) is 5.92 Å². The molecule has 0 N–H and O–H groups in total. The molecule has 1 heterocycles. The van der Waals surface area contributed by atoms with Crippen LogP contribution in [0.25, 0.3) is 0 Å². The topological polar surface area (TPSA) is 46.4 Å². The molecule has 0 unspecified atom stereocenters. The Kier molecular flexibility index (Phi) is 7.61. The SMILES string of the molecule is C\C=C/C=C(\C(=C/C)CN1CCC(Cc2ccccc2)CC1)[N+](=O)[O-]. The van der Waals surface area contributed by atoms with Crippen LogP contribution in [0.2, 0.25) is 0 Å². The summed E-state index contributed by atoms with van der Waals surface area (Å²) < 4.78 is 0. The highest BCUT2D eigenvalue weighted by Crippen LogP contribution is 2.23. The molecule has 0 spiro atoms. The van der Waals surface area contributed by atoms with Gasteiger partial charge in [0.2, 0.25) is 0 Å². The summed E-state index contributed by atoms with van der Waals surface area (Å²) in [6.45, 7) is 6.40. The van der Waals surface area contributed by atoms with E-state index in [0.29, 0.717) is 12.5 Å². The van der Waals surface area contributed by atoms with E-state index in [2.05, 4.69) is 35.2 Å². The normalized spacial score (nSPS) is 18.0. The van der Waals surface area contributed by atoms with Gasteiger partial charge in [-0.2, -0.15) is 0 Å². The van der Waals surface area contributed by atoms with Gasteiger partial charge in [-0.1, -0.05) is 48.6 Å². The van der Waals surface area contributed by atoms with Crippen molar-refractivity contribution >= 4 is 0 Å². The predicted molar refractivity (Wildman–Crippen MR) is 103 cm³/mol. The molecule has 1 aromatic rings. The molecule has 1 aromatic carbocycles. The molecule has 0 aliphatic carbocycles. The molecule has 0 radical (unpaired) electrons. The summed E-state index contributed by atoms with van der Waals surface area (Å²) in [5.41, 5.74) is 2.40. The quantitative estimate of drug-likeness (QED) is 0.413. The summed E-state index contributed by atoms with van der Waals surface area (Å²) in [6, 6.07) is 10.6. The maximum absolute atomic E-state index is 11.3. The van der Waals surface area contributed by atoms with Gasteiger partial charge in [-0.15, -0.1) is 0 Å². The number of piperidine rings is 1. The summed E-state index contributed by atoms with van der Waals surface area (Å²) >= 11 is 0. The standard InChI is InChI=1S/C21H28N2O2/c1-3-5-11-21(23(24)25)20(4-2)17-22-14-12-19(13-15-22)16-18-9-7-6-8-10-18/h3-11,19H,12-17H2,1-2H3/b5-3-,20-4-,21-11+. The van der Waals surface area contributed by atoms with Crippen LogP contribution in [0.3, 0.4) is 0 Å². The zero-order valence-electron chi connectivity index (χ0n) is 15.2. The van der Waals surface area contributed by atoms with Gasteiger partial charge in [0.15, 0.2) is 0 Å². The zero-order valence-corrected chi connectivity index (χ0v) is 15.2. The summed E-state index contributed by atoms with van der Waals surface area (Å²) in [5.74, 6) is 0.709. The summed E-state index contributed by atoms with van der Waals surface area (Å²) in [5, 5.41) is 11.3. The van der Waals surface area contributed by atoms with Crippen molar-refractivity contribution in [3.05, 3.63) is 81.6 Å². The van der Waals surface area contributed by atoms with Crippen molar-refractivity contribution in [3.8, 4) is 0 Å². The van der Waals surface area contributed by atoms with Crippen molar-refractivity contribution in [3.63, 3.8) is 0 Å². The van der Waals surface area contributed by atoms with E-state index in [1.54, 1.807) is 12.2 Å². The van der Waals surface area contributed by atoms with E-state index < -0.39 is 0 Å². The molecular weight excluding hydrogens is 312 g/mol. The highest BCUT2D eigenvalue weighted by molar-refractivity contribution is 5.29. The highest BCUT2D eigenvalue weighted by atomic mass is 16.6. The Hall–Kier alpha value is -2.20. The van der Waals surface area contributed by atoms with Gasteiger partial charge >= 0.3 is 0 Å². The van der Waals surface area contributed by atoms with Crippen LogP contribution in [0.4, 0.5) is 0 Å². The second-order valence-electron chi connectivity index (χ2n) is 6.56. The number of nitrogens with zero attached hydrogens (tertiary/aromatic N) is 2. The third-order valence-electron chi connectivity index (χ3n) is 4.79. The highest BCUT2D eigenvalue weighted by Gasteiger charge is 2.23. The zero-order chi connectivity index (χ0) is 18.1. The summed E-state index contributed by atoms with van der Waals surface area (Å²) in [4.78, 5) is 13.4. The average molecular weight is 340 g/mol. The van der Waals surface area contributed by atoms with E-state index in [1.165, 1.54) is 5.56 Å². The maximum Gasteiger partial charge on any atom is 0.273 e. The Morgan fingerprint density at radius 3 is 2.48 bits per heavy atom. The Morgan fingerprint density at radius 2 is 1.92 bits per heavy atom. The first-order valence-corrected chi connectivity index (χ1v) is 9.03. The third-order valence-corrected chi connectivity index (χ3v) is 4.79. The molecule has 1 saturated heterocycles. The lowest BCUT2D eigenvalue weighted by Gasteiger charge is -2.32. The minimum Gasteiger partial charge on any atom is -0.299 e. The fourth-order valence-corrected chi connectivity index (χ4v) is 3.33. The molecule has 134 valence electrons. The summed E-state index contributed by atoms with van der Waals surface area (Å²) in [6.07, 6.45) is 10.4. The largest absolute Gasteiger partial charge is 0.299 e. The fourth-order valence-electron chi connectivity index (χ4n) is 3.33. The molecule has 0 aromatic heterocycles. The van der Waals surface area contributed by atoms with E-state index in [0.717, 1.165) is 37.9 Å². The second-order valence-corrected chi connectivity index (χ2v) is 6.56. The van der Waals surface area contributed by atoms with Gasteiger partial charge in [0.25, 0.3) is 5.70 Å². The van der Waals surface area contributed by atoms with E-state index in [4.69, 9.17) is 0 Å². The number of hydrogen-bond donors (Lipinski definition) is 0. The molecule has 2 rings (SSSR count). The van der Waals surface area contributed by atoms with Gasteiger partial charge in [0, 0.05) is 18.2 Å². The molecule has 0 atom stereocenters. The van der Waals surface area contributed by atoms with Crippen LogP contribution in [0.15, 0.2) is 65.9 Å². The van der Waals surface area contributed by atoms with Gasteiger partial charge in [0.05, 0.1) is 4.92 Å². The van der Waals surface area contributed by atoms with Crippen molar-refractivity contribution in [1.82, 2.24) is 4.90 Å². The Morgan fingerprint density at radius 1 is 1.24 bits per heavy atom. The lowest BCUT2D eigenvalue weighted by Crippen LogP contribution is -2.36. The number of likely N-dealkylation sites (tertiary alicyclic amines) is 1. The van der Waals surface area contributed by atoms with Gasteiger partial charge in [-0.05, 0) is 57.7 Å². The number of rotatable bonds is 7. The summed E-state index contributed by atoms with van der Waals surface area (Å²) in [7, 11) is 0. The molecule has 0 saturated carbocycles. The van der Waals surface area contributed by atoms with Gasteiger partial charge in [-0.25, -0.2) is 0 Å². The molecular formula is C21H28N2O2. The van der Waals surface area contributed by atoms with Crippen molar-refractivity contribution in [2.45, 2.75) is 33.1 Å². The van der Waals surface area contributed by atoms with Crippen LogP contribution in [0.1, 0.15) is 32.3 Å². The van der Waals surface area contributed by atoms with E-state index in [-0.39, 0.29) is 10.6 Å². The number of benzene rings is 1. The Balaban J connectivity index is 1.90. The first kappa shape index (κ1) is 19.1. The number of hydrogen-bond acceptors (Lipinski definition) is 3. The van der Waals surface area contributed by atoms with E-state index in [1.807, 2.05) is 26.0 Å². The Labute approximate surface area is 150 Å². The van der Waals surface area contributed by atoms with Crippen molar-refractivity contribution in [1.29, 1.82) is 0 Å². The first-order valence-electron chi connectivity index (χ1n) is 9.03. The minimum absolute atomic E-state index is 0.201. The number of nitro groups is 1. The molecule has 1 fully saturated rings. The van der Waals surface area contributed by atoms with Crippen molar-refractivity contribution in [2.75, 3.05) is 19.6 Å².